The van der Waals surface area contributed by atoms with E-state index in [1.807, 2.05) is 9.44 Å². The number of benzene rings is 1. The minimum Gasteiger partial charge on any atom is -0.462 e. The van der Waals surface area contributed by atoms with E-state index in [1.165, 1.54) is 13.8 Å². The lowest BCUT2D eigenvalue weighted by atomic mass is 9.92. The first-order valence-electron chi connectivity index (χ1n) is 7.82. The molecule has 1 aromatic rings. The van der Waals surface area contributed by atoms with Crippen LogP contribution in [0.1, 0.15) is 25.3 Å². The molecule has 2 N–H and O–H groups in total. The van der Waals surface area contributed by atoms with E-state index in [0.717, 1.165) is 24.5 Å². The molecule has 0 bridgehead atoms. The molecular weight excluding hydrogens is 441 g/mol. The zero-order valence-electron chi connectivity index (χ0n) is 15.7. The molecule has 0 aliphatic heterocycles. The van der Waals surface area contributed by atoms with E-state index in [1.54, 1.807) is 0 Å². The summed E-state index contributed by atoms with van der Waals surface area (Å²) in [4.78, 5) is 24.3. The van der Waals surface area contributed by atoms with Crippen molar-refractivity contribution in [1.82, 2.24) is 0 Å². The molecule has 0 amide bonds. The molecule has 1 atom stereocenters. The summed E-state index contributed by atoms with van der Waals surface area (Å²) in [6.45, 7) is 2.68. The fourth-order valence-corrected chi connectivity index (χ4v) is 3.35. The fraction of sp³-hybridized carbons (Fsp3) is 0.467. The number of ether oxygens (including phenoxy) is 1. The number of nitrogens with one attached hydrogen (secondary N) is 2. The Kier molecular flexibility index (Phi) is 7.29. The van der Waals surface area contributed by atoms with Crippen LogP contribution in [0.3, 0.4) is 0 Å². The Morgan fingerprint density at radius 2 is 1.52 bits per heavy atom. The topological polar surface area (TPSA) is 136 Å². The van der Waals surface area contributed by atoms with E-state index in [0.29, 0.717) is 6.26 Å². The van der Waals surface area contributed by atoms with Gasteiger partial charge in [0.2, 0.25) is 20.0 Å². The Balaban J connectivity index is 3.73. The van der Waals surface area contributed by atoms with Crippen molar-refractivity contribution in [2.75, 3.05) is 22.0 Å². The smallest absolute Gasteiger partial charge is 0.451 e. The molecule has 0 saturated heterocycles. The van der Waals surface area contributed by atoms with Crippen LogP contribution in [-0.2, 0) is 34.4 Å². The Morgan fingerprint density at radius 3 is 1.93 bits per heavy atom. The van der Waals surface area contributed by atoms with E-state index in [4.69, 9.17) is 4.74 Å². The van der Waals surface area contributed by atoms with E-state index >= 15 is 0 Å². The van der Waals surface area contributed by atoms with Gasteiger partial charge in [0, 0.05) is 11.3 Å². The van der Waals surface area contributed by atoms with Gasteiger partial charge in [0.05, 0.1) is 24.3 Å². The highest BCUT2D eigenvalue weighted by molar-refractivity contribution is 7.92. The SMILES string of the molecule is CC(C)OC(=O)[C@H](C(=O)C(F)(F)F)c1cc(NS(C)(=O)=O)ccc1NS(C)(=O)=O. The third-order valence-electron chi connectivity index (χ3n) is 3.09. The minimum atomic E-state index is -5.46. The van der Waals surface area contributed by atoms with E-state index in [-0.39, 0.29) is 5.69 Å². The predicted molar refractivity (Wildman–Crippen MR) is 98.4 cm³/mol. The number of Topliss-reactive ketones (excluding diaryl/α,β-unsaturated/α-hetero) is 1. The van der Waals surface area contributed by atoms with Crippen LogP contribution in [0, 0.1) is 0 Å². The molecule has 14 heteroatoms. The zero-order valence-corrected chi connectivity index (χ0v) is 17.3. The number of alkyl halides is 3. The number of sulfonamides is 2. The van der Waals surface area contributed by atoms with Crippen LogP contribution in [0.2, 0.25) is 0 Å². The molecule has 0 heterocycles. The molecule has 0 aliphatic rings. The second-order valence-corrected chi connectivity index (χ2v) is 9.83. The van der Waals surface area contributed by atoms with Crippen LogP contribution in [-0.4, -0.2) is 53.4 Å². The number of hydrogen-bond acceptors (Lipinski definition) is 7. The summed E-state index contributed by atoms with van der Waals surface area (Å²) in [7, 11) is -7.89. The van der Waals surface area contributed by atoms with Gasteiger partial charge < -0.3 is 4.74 Å². The molecule has 0 aromatic heterocycles. The molecule has 9 nitrogen and oxygen atoms in total. The second-order valence-electron chi connectivity index (χ2n) is 6.33. The quantitative estimate of drug-likeness (QED) is 0.444. The van der Waals surface area contributed by atoms with Gasteiger partial charge in [-0.05, 0) is 32.0 Å². The maximum atomic E-state index is 13.1. The first-order valence-corrected chi connectivity index (χ1v) is 11.6. The summed E-state index contributed by atoms with van der Waals surface area (Å²) in [5.74, 6) is -6.66. The summed E-state index contributed by atoms with van der Waals surface area (Å²) in [5.41, 5.74) is -1.54. The van der Waals surface area contributed by atoms with Crippen LogP contribution in [0.5, 0.6) is 0 Å². The fourth-order valence-electron chi connectivity index (χ4n) is 2.21. The third-order valence-corrected chi connectivity index (χ3v) is 4.29. The molecule has 164 valence electrons. The van der Waals surface area contributed by atoms with Crippen molar-refractivity contribution in [3.8, 4) is 0 Å². The molecule has 0 aliphatic carbocycles. The lowest BCUT2D eigenvalue weighted by Gasteiger charge is -2.22. The van der Waals surface area contributed by atoms with E-state index in [2.05, 4.69) is 0 Å². The van der Waals surface area contributed by atoms with Gasteiger partial charge in [-0.1, -0.05) is 0 Å². The maximum Gasteiger partial charge on any atom is 0.451 e. The normalized spacial score (nSPS) is 13.7. The summed E-state index contributed by atoms with van der Waals surface area (Å²) >= 11 is 0. The Labute approximate surface area is 165 Å². The molecule has 0 spiro atoms. The van der Waals surface area contributed by atoms with Crippen LogP contribution < -0.4 is 9.44 Å². The highest BCUT2D eigenvalue weighted by Gasteiger charge is 2.48. The zero-order chi connectivity index (χ0) is 22.8. The van der Waals surface area contributed by atoms with Gasteiger partial charge in [-0.25, -0.2) is 16.8 Å². The van der Waals surface area contributed by atoms with E-state index < -0.39 is 61.2 Å². The van der Waals surface area contributed by atoms with Crippen LogP contribution in [0.4, 0.5) is 24.5 Å². The highest BCUT2D eigenvalue weighted by Crippen LogP contribution is 2.35. The summed E-state index contributed by atoms with van der Waals surface area (Å²) in [6, 6.07) is 2.72. The van der Waals surface area contributed by atoms with Crippen LogP contribution in [0.15, 0.2) is 18.2 Å². The number of hydrogen-bond donors (Lipinski definition) is 2. The number of anilines is 2. The van der Waals surface area contributed by atoms with Crippen molar-refractivity contribution in [3.63, 3.8) is 0 Å². The molecule has 0 radical (unpaired) electrons. The van der Waals surface area contributed by atoms with Crippen molar-refractivity contribution in [2.45, 2.75) is 32.0 Å². The lowest BCUT2D eigenvalue weighted by molar-refractivity contribution is -0.178. The number of ketones is 1. The second kappa shape index (κ2) is 8.57. The van der Waals surface area contributed by atoms with Crippen molar-refractivity contribution in [3.05, 3.63) is 23.8 Å². The first-order chi connectivity index (χ1) is 12.9. The number of rotatable bonds is 8. The Bertz CT molecular complexity index is 1000. The minimum absolute atomic E-state index is 0.293. The average Bonchev–Trinajstić information content (AvgIpc) is 2.45. The molecule has 1 aromatic carbocycles. The molecule has 29 heavy (non-hydrogen) atoms. The summed E-state index contributed by atoms with van der Waals surface area (Å²) in [5, 5.41) is 0. The molecular formula is C15H19F3N2O7S2. The van der Waals surface area contributed by atoms with Gasteiger partial charge >= 0.3 is 12.1 Å². The van der Waals surface area contributed by atoms with Gasteiger partial charge in [0.1, 0.15) is 0 Å². The molecule has 0 fully saturated rings. The van der Waals surface area contributed by atoms with Crippen molar-refractivity contribution in [2.24, 2.45) is 0 Å². The largest absolute Gasteiger partial charge is 0.462 e. The molecule has 1 rings (SSSR count). The number of carbonyl (C=O) groups excluding carboxylic acids is 2. The predicted octanol–water partition coefficient (Wildman–Crippen LogP) is 1.60. The standard InChI is InChI=1S/C15H19F3N2O7S2/c1-8(2)27-14(22)12(13(21)15(16,17)18)10-7-9(19-28(3,23)24)5-6-11(10)20-29(4,25)26/h5-8,12,19-20H,1-4H3/t12-/m0/s1. The summed E-state index contributed by atoms with van der Waals surface area (Å²) in [6.07, 6.45) is -4.87. The average molecular weight is 460 g/mol. The number of halogens is 3. The van der Waals surface area contributed by atoms with Crippen molar-refractivity contribution < 1.29 is 44.3 Å². The van der Waals surface area contributed by atoms with Crippen LogP contribution >= 0.6 is 0 Å². The van der Waals surface area contributed by atoms with Gasteiger partial charge in [-0.3, -0.25) is 19.0 Å². The molecule has 0 unspecified atom stereocenters. The van der Waals surface area contributed by atoms with Gasteiger partial charge in [-0.2, -0.15) is 13.2 Å². The first kappa shape index (κ1) is 24.7. The maximum absolute atomic E-state index is 13.1. The van der Waals surface area contributed by atoms with Gasteiger partial charge in [-0.15, -0.1) is 0 Å². The number of carbonyl (C=O) groups is 2. The van der Waals surface area contributed by atoms with Crippen molar-refractivity contribution in [1.29, 1.82) is 0 Å². The monoisotopic (exact) mass is 460 g/mol. The highest BCUT2D eigenvalue weighted by atomic mass is 32.2. The van der Waals surface area contributed by atoms with Gasteiger partial charge in [0.15, 0.2) is 5.92 Å². The summed E-state index contributed by atoms with van der Waals surface area (Å²) < 4.78 is 93.9. The van der Waals surface area contributed by atoms with Crippen LogP contribution in [0.25, 0.3) is 0 Å². The number of esters is 1. The van der Waals surface area contributed by atoms with Gasteiger partial charge in [0.25, 0.3) is 5.78 Å². The van der Waals surface area contributed by atoms with Crippen molar-refractivity contribution >= 4 is 43.2 Å². The van der Waals surface area contributed by atoms with E-state index in [9.17, 15) is 39.6 Å². The Hall–Kier alpha value is -2.35. The third kappa shape index (κ3) is 7.89. The lowest BCUT2D eigenvalue weighted by Crippen LogP contribution is -2.36. The molecule has 0 saturated carbocycles. The Morgan fingerprint density at radius 1 is 1.00 bits per heavy atom.